The van der Waals surface area contributed by atoms with Crippen molar-refractivity contribution in [1.29, 1.82) is 0 Å². The van der Waals surface area contributed by atoms with Crippen LogP contribution in [-0.4, -0.2) is 35.0 Å². The lowest BCUT2D eigenvalue weighted by Crippen LogP contribution is -2.37. The van der Waals surface area contributed by atoms with Gasteiger partial charge in [-0.2, -0.15) is 0 Å². The van der Waals surface area contributed by atoms with Crippen molar-refractivity contribution in [3.8, 4) is 0 Å². The number of rotatable bonds is 5. The van der Waals surface area contributed by atoms with E-state index in [-0.39, 0.29) is 12.1 Å². The molecule has 19 heavy (non-hydrogen) atoms. The minimum atomic E-state index is -0.984. The monoisotopic (exact) mass is 331 g/mol. The van der Waals surface area contributed by atoms with Crippen molar-refractivity contribution < 1.29 is 19.1 Å². The van der Waals surface area contributed by atoms with Crippen LogP contribution in [0.25, 0.3) is 0 Å². The first-order valence-electron chi connectivity index (χ1n) is 5.84. The lowest BCUT2D eigenvalue weighted by Gasteiger charge is -2.23. The lowest BCUT2D eigenvalue weighted by molar-refractivity contribution is -0.141. The topological polar surface area (TPSA) is 57.6 Å². The zero-order valence-corrected chi connectivity index (χ0v) is 12.3. The van der Waals surface area contributed by atoms with Gasteiger partial charge in [0.05, 0.1) is 11.5 Å². The molecule has 1 rings (SSSR count). The molecule has 0 aromatic heterocycles. The van der Waals surface area contributed by atoms with E-state index in [1.165, 1.54) is 24.0 Å². The number of aliphatic carboxylic acids is 1. The summed E-state index contributed by atoms with van der Waals surface area (Å²) in [5, 5.41) is 8.85. The van der Waals surface area contributed by atoms with Gasteiger partial charge in [0.2, 0.25) is 0 Å². The molecule has 0 fully saturated rings. The van der Waals surface area contributed by atoms with Crippen LogP contribution in [0.2, 0.25) is 0 Å². The summed E-state index contributed by atoms with van der Waals surface area (Å²) in [6.07, 6.45) is 0. The molecule has 1 aromatic rings. The Kier molecular flexibility index (Phi) is 5.47. The maximum Gasteiger partial charge on any atom is 0.308 e. The number of carbonyl (C=O) groups excluding carboxylic acids is 1. The van der Waals surface area contributed by atoms with Gasteiger partial charge in [-0.15, -0.1) is 0 Å². The molecular weight excluding hydrogens is 317 g/mol. The molecule has 0 saturated heterocycles. The fraction of sp³-hybridized carbons (Fsp3) is 0.385. The Morgan fingerprint density at radius 3 is 2.58 bits per heavy atom. The van der Waals surface area contributed by atoms with Gasteiger partial charge in [0.25, 0.3) is 5.91 Å². The molecule has 4 nitrogen and oxygen atoms in total. The first kappa shape index (κ1) is 15.6. The van der Waals surface area contributed by atoms with E-state index in [0.29, 0.717) is 11.0 Å². The van der Waals surface area contributed by atoms with E-state index < -0.39 is 23.6 Å². The van der Waals surface area contributed by atoms with Crippen LogP contribution >= 0.6 is 15.9 Å². The Labute approximate surface area is 119 Å². The zero-order valence-electron chi connectivity index (χ0n) is 10.7. The van der Waals surface area contributed by atoms with Crippen molar-refractivity contribution in [2.75, 3.05) is 13.1 Å². The first-order chi connectivity index (χ1) is 8.86. The number of benzene rings is 1. The molecule has 1 atom stereocenters. The summed E-state index contributed by atoms with van der Waals surface area (Å²) in [4.78, 5) is 24.3. The highest BCUT2D eigenvalue weighted by molar-refractivity contribution is 9.10. The van der Waals surface area contributed by atoms with Gasteiger partial charge in [0, 0.05) is 17.6 Å². The van der Waals surface area contributed by atoms with Gasteiger partial charge >= 0.3 is 5.97 Å². The van der Waals surface area contributed by atoms with Crippen molar-refractivity contribution in [2.45, 2.75) is 13.8 Å². The van der Waals surface area contributed by atoms with Crippen molar-refractivity contribution in [1.82, 2.24) is 4.90 Å². The average molecular weight is 332 g/mol. The molecule has 1 unspecified atom stereocenters. The molecule has 0 aliphatic rings. The molecule has 1 amide bonds. The van der Waals surface area contributed by atoms with Gasteiger partial charge in [-0.05, 0) is 25.1 Å². The molecule has 0 radical (unpaired) electrons. The van der Waals surface area contributed by atoms with Crippen LogP contribution in [0.5, 0.6) is 0 Å². The molecule has 0 spiro atoms. The summed E-state index contributed by atoms with van der Waals surface area (Å²) < 4.78 is 14.2. The predicted octanol–water partition coefficient (Wildman–Crippen LogP) is 2.77. The molecule has 104 valence electrons. The van der Waals surface area contributed by atoms with E-state index in [0.717, 1.165) is 0 Å². The van der Waals surface area contributed by atoms with E-state index in [1.54, 1.807) is 13.0 Å². The third-order valence-electron chi connectivity index (χ3n) is 2.75. The minimum Gasteiger partial charge on any atom is -0.481 e. The SMILES string of the molecule is CCN(CC(C)C(=O)O)C(=O)c1ccc(Br)cc1F. The Morgan fingerprint density at radius 2 is 2.11 bits per heavy atom. The van der Waals surface area contributed by atoms with Gasteiger partial charge in [-0.25, -0.2) is 4.39 Å². The number of nitrogens with zero attached hydrogens (tertiary/aromatic N) is 1. The Balaban J connectivity index is 2.92. The standard InChI is InChI=1S/C13H15BrFNO3/c1-3-16(7-8(2)13(18)19)12(17)10-5-4-9(14)6-11(10)15/h4-6,8H,3,7H2,1-2H3,(H,18,19). The fourth-order valence-electron chi connectivity index (χ4n) is 1.60. The Morgan fingerprint density at radius 1 is 1.47 bits per heavy atom. The summed E-state index contributed by atoms with van der Waals surface area (Å²) in [7, 11) is 0. The van der Waals surface area contributed by atoms with Crippen LogP contribution in [0, 0.1) is 11.7 Å². The van der Waals surface area contributed by atoms with Gasteiger partial charge in [-0.1, -0.05) is 22.9 Å². The van der Waals surface area contributed by atoms with Crippen molar-refractivity contribution in [2.24, 2.45) is 5.92 Å². The van der Waals surface area contributed by atoms with Gasteiger partial charge in [-0.3, -0.25) is 9.59 Å². The summed E-state index contributed by atoms with van der Waals surface area (Å²) in [5.41, 5.74) is -0.0531. The predicted molar refractivity (Wildman–Crippen MR) is 72.5 cm³/mol. The molecule has 0 aliphatic carbocycles. The summed E-state index contributed by atoms with van der Waals surface area (Å²) in [6.45, 7) is 3.62. The molecule has 0 aliphatic heterocycles. The normalized spacial score (nSPS) is 12.0. The average Bonchev–Trinajstić information content (AvgIpc) is 2.34. The number of amides is 1. The maximum absolute atomic E-state index is 13.7. The number of hydrogen-bond acceptors (Lipinski definition) is 2. The lowest BCUT2D eigenvalue weighted by atomic mass is 10.1. The van der Waals surface area contributed by atoms with Crippen LogP contribution in [0.4, 0.5) is 4.39 Å². The zero-order chi connectivity index (χ0) is 14.6. The molecule has 0 bridgehead atoms. The smallest absolute Gasteiger partial charge is 0.308 e. The van der Waals surface area contributed by atoms with Crippen LogP contribution in [0.3, 0.4) is 0 Å². The second-order valence-electron chi connectivity index (χ2n) is 4.21. The van der Waals surface area contributed by atoms with E-state index in [1.807, 2.05) is 0 Å². The van der Waals surface area contributed by atoms with Crippen LogP contribution < -0.4 is 0 Å². The van der Waals surface area contributed by atoms with E-state index in [2.05, 4.69) is 15.9 Å². The second kappa shape index (κ2) is 6.65. The molecule has 6 heteroatoms. The molecular formula is C13H15BrFNO3. The van der Waals surface area contributed by atoms with Crippen LogP contribution in [0.15, 0.2) is 22.7 Å². The van der Waals surface area contributed by atoms with E-state index in [9.17, 15) is 14.0 Å². The van der Waals surface area contributed by atoms with E-state index >= 15 is 0 Å². The second-order valence-corrected chi connectivity index (χ2v) is 5.12. The minimum absolute atomic E-state index is 0.0531. The third-order valence-corrected chi connectivity index (χ3v) is 3.24. The number of halogens is 2. The van der Waals surface area contributed by atoms with Crippen LogP contribution in [0.1, 0.15) is 24.2 Å². The Hall–Kier alpha value is -1.43. The van der Waals surface area contributed by atoms with Gasteiger partial charge in [0.1, 0.15) is 5.82 Å². The van der Waals surface area contributed by atoms with Gasteiger partial charge < -0.3 is 10.0 Å². The van der Waals surface area contributed by atoms with Gasteiger partial charge in [0.15, 0.2) is 0 Å². The molecule has 1 N–H and O–H groups in total. The van der Waals surface area contributed by atoms with Crippen molar-refractivity contribution >= 4 is 27.8 Å². The van der Waals surface area contributed by atoms with Crippen molar-refractivity contribution in [3.05, 3.63) is 34.1 Å². The molecule has 1 aromatic carbocycles. The number of hydrogen-bond donors (Lipinski definition) is 1. The van der Waals surface area contributed by atoms with E-state index in [4.69, 9.17) is 5.11 Å². The van der Waals surface area contributed by atoms with Crippen molar-refractivity contribution in [3.63, 3.8) is 0 Å². The summed E-state index contributed by atoms with van der Waals surface area (Å²) in [5.74, 6) is -2.80. The summed E-state index contributed by atoms with van der Waals surface area (Å²) in [6, 6.07) is 4.17. The summed E-state index contributed by atoms with van der Waals surface area (Å²) >= 11 is 3.12. The highest BCUT2D eigenvalue weighted by Gasteiger charge is 2.22. The number of carbonyl (C=O) groups is 2. The number of carboxylic acids is 1. The fourth-order valence-corrected chi connectivity index (χ4v) is 1.93. The third kappa shape index (κ3) is 4.02. The highest BCUT2D eigenvalue weighted by atomic mass is 79.9. The Bertz CT molecular complexity index is 493. The highest BCUT2D eigenvalue weighted by Crippen LogP contribution is 2.17. The number of carboxylic acid groups (broad SMARTS) is 1. The molecule has 0 saturated carbocycles. The maximum atomic E-state index is 13.7. The largest absolute Gasteiger partial charge is 0.481 e. The quantitative estimate of drug-likeness (QED) is 0.902. The first-order valence-corrected chi connectivity index (χ1v) is 6.63. The molecule has 0 heterocycles. The van der Waals surface area contributed by atoms with Crippen LogP contribution in [-0.2, 0) is 4.79 Å².